The molecular formula is C9H14O. The molecular weight excluding hydrogens is 124 g/mol. The molecule has 10 heavy (non-hydrogen) atoms. The number of hydrogen-bond donors (Lipinski definition) is 1. The highest BCUT2D eigenvalue weighted by atomic mass is 16.3. The van der Waals surface area contributed by atoms with Crippen molar-refractivity contribution in [1.82, 2.24) is 0 Å². The molecule has 0 fully saturated rings. The monoisotopic (exact) mass is 138 g/mol. The molecule has 0 radical (unpaired) electrons. The van der Waals surface area contributed by atoms with Crippen molar-refractivity contribution in [3.8, 4) is 0 Å². The predicted molar refractivity (Wildman–Crippen MR) is 45.0 cm³/mol. The first-order chi connectivity index (χ1) is 4.81. The van der Waals surface area contributed by atoms with Crippen molar-refractivity contribution in [3.63, 3.8) is 0 Å². The second kappa shape index (κ2) is 6.14. The zero-order chi connectivity index (χ0) is 7.82. The second-order valence-electron chi connectivity index (χ2n) is 2.03. The summed E-state index contributed by atoms with van der Waals surface area (Å²) >= 11 is 0. The van der Waals surface area contributed by atoms with Crippen molar-refractivity contribution in [2.24, 2.45) is 0 Å². The molecule has 0 rings (SSSR count). The molecule has 0 aliphatic carbocycles. The van der Waals surface area contributed by atoms with Crippen molar-refractivity contribution in [1.29, 1.82) is 0 Å². The van der Waals surface area contributed by atoms with Gasteiger partial charge in [0.25, 0.3) is 0 Å². The quantitative estimate of drug-likeness (QED) is 0.467. The third kappa shape index (κ3) is 5.16. The van der Waals surface area contributed by atoms with E-state index >= 15 is 0 Å². The number of hydrogen-bond acceptors (Lipinski definition) is 1. The van der Waals surface area contributed by atoms with Crippen molar-refractivity contribution < 1.29 is 5.11 Å². The summed E-state index contributed by atoms with van der Waals surface area (Å²) in [6, 6.07) is 0. The molecule has 0 unspecified atom stereocenters. The van der Waals surface area contributed by atoms with Crippen molar-refractivity contribution in [2.45, 2.75) is 19.8 Å². The molecule has 1 nitrogen and oxygen atoms in total. The maximum absolute atomic E-state index is 9.05. The highest BCUT2D eigenvalue weighted by Gasteiger charge is 1.84. The minimum absolute atomic E-state index is 0.431. The van der Waals surface area contributed by atoms with Crippen LogP contribution in [0.1, 0.15) is 19.8 Å². The first-order valence-corrected chi connectivity index (χ1v) is 3.48. The molecule has 0 aliphatic rings. The van der Waals surface area contributed by atoms with Crippen LogP contribution in [0.25, 0.3) is 0 Å². The maximum Gasteiger partial charge on any atom is 0.0922 e. The van der Waals surface area contributed by atoms with Gasteiger partial charge in [-0.15, -0.1) is 0 Å². The summed E-state index contributed by atoms with van der Waals surface area (Å²) in [6.45, 7) is 5.53. The SMILES string of the molecule is C=C/C=C\C=C(\O)CCC. The van der Waals surface area contributed by atoms with Crippen LogP contribution >= 0.6 is 0 Å². The zero-order valence-electron chi connectivity index (χ0n) is 6.38. The van der Waals surface area contributed by atoms with E-state index in [4.69, 9.17) is 5.11 Å². The Hall–Kier alpha value is -0.980. The van der Waals surface area contributed by atoms with Crippen LogP contribution in [0.5, 0.6) is 0 Å². The van der Waals surface area contributed by atoms with Gasteiger partial charge in [0.15, 0.2) is 0 Å². The van der Waals surface area contributed by atoms with E-state index in [0.29, 0.717) is 5.76 Å². The van der Waals surface area contributed by atoms with Crippen LogP contribution in [-0.2, 0) is 0 Å². The first kappa shape index (κ1) is 9.02. The average Bonchev–Trinajstić information content (AvgIpc) is 1.89. The summed E-state index contributed by atoms with van der Waals surface area (Å²) in [7, 11) is 0. The molecule has 1 N–H and O–H groups in total. The predicted octanol–water partition coefficient (Wildman–Crippen LogP) is 2.97. The summed E-state index contributed by atoms with van der Waals surface area (Å²) in [5, 5.41) is 9.05. The van der Waals surface area contributed by atoms with Gasteiger partial charge in [-0.2, -0.15) is 0 Å². The van der Waals surface area contributed by atoms with E-state index in [2.05, 4.69) is 6.58 Å². The summed E-state index contributed by atoms with van der Waals surface area (Å²) < 4.78 is 0. The number of rotatable bonds is 4. The molecule has 0 aromatic rings. The minimum Gasteiger partial charge on any atom is -0.512 e. The van der Waals surface area contributed by atoms with Gasteiger partial charge in [0, 0.05) is 6.42 Å². The Balaban J connectivity index is 3.67. The number of allylic oxidation sites excluding steroid dienone is 5. The van der Waals surface area contributed by atoms with E-state index in [9.17, 15) is 0 Å². The largest absolute Gasteiger partial charge is 0.512 e. The third-order valence-electron chi connectivity index (χ3n) is 1.04. The highest BCUT2D eigenvalue weighted by Crippen LogP contribution is 1.99. The number of aliphatic hydroxyl groups is 1. The van der Waals surface area contributed by atoms with E-state index in [1.54, 1.807) is 24.3 Å². The summed E-state index contributed by atoms with van der Waals surface area (Å²) in [4.78, 5) is 0. The zero-order valence-corrected chi connectivity index (χ0v) is 6.38. The molecule has 1 heteroatoms. The van der Waals surface area contributed by atoms with Gasteiger partial charge in [0.05, 0.1) is 5.76 Å². The van der Waals surface area contributed by atoms with Crippen LogP contribution in [0.4, 0.5) is 0 Å². The van der Waals surface area contributed by atoms with Crippen LogP contribution in [0.15, 0.2) is 36.6 Å². The smallest absolute Gasteiger partial charge is 0.0922 e. The fraction of sp³-hybridized carbons (Fsp3) is 0.333. The summed E-state index contributed by atoms with van der Waals surface area (Å²) in [5.74, 6) is 0.431. The molecule has 0 atom stereocenters. The first-order valence-electron chi connectivity index (χ1n) is 3.48. The lowest BCUT2D eigenvalue weighted by molar-refractivity contribution is 0.387. The molecule has 0 aliphatic heterocycles. The Labute approximate surface area is 62.4 Å². The van der Waals surface area contributed by atoms with Crippen LogP contribution in [0, 0.1) is 0 Å². The fourth-order valence-corrected chi connectivity index (χ4v) is 0.585. The molecule has 56 valence electrons. The molecule has 0 saturated carbocycles. The molecule has 0 heterocycles. The molecule has 0 saturated heterocycles. The van der Waals surface area contributed by atoms with Gasteiger partial charge in [0.2, 0.25) is 0 Å². The molecule has 0 spiro atoms. The lowest BCUT2D eigenvalue weighted by atomic mass is 10.3. The number of aliphatic hydroxyl groups excluding tert-OH is 1. The maximum atomic E-state index is 9.05. The van der Waals surface area contributed by atoms with Crippen molar-refractivity contribution in [3.05, 3.63) is 36.6 Å². The highest BCUT2D eigenvalue weighted by molar-refractivity contribution is 5.11. The Morgan fingerprint density at radius 3 is 2.70 bits per heavy atom. The molecule has 0 aromatic carbocycles. The lowest BCUT2D eigenvalue weighted by Gasteiger charge is -1.91. The van der Waals surface area contributed by atoms with E-state index < -0.39 is 0 Å². The normalized spacial score (nSPS) is 12.3. The van der Waals surface area contributed by atoms with Crippen molar-refractivity contribution in [2.75, 3.05) is 0 Å². The third-order valence-corrected chi connectivity index (χ3v) is 1.04. The topological polar surface area (TPSA) is 20.2 Å². The van der Waals surface area contributed by atoms with E-state index in [-0.39, 0.29) is 0 Å². The van der Waals surface area contributed by atoms with Crippen LogP contribution in [0.2, 0.25) is 0 Å². The summed E-state index contributed by atoms with van der Waals surface area (Å²) in [5.41, 5.74) is 0. The van der Waals surface area contributed by atoms with Gasteiger partial charge in [-0.25, -0.2) is 0 Å². The molecule has 0 bridgehead atoms. The van der Waals surface area contributed by atoms with Gasteiger partial charge >= 0.3 is 0 Å². The van der Waals surface area contributed by atoms with Gasteiger partial charge in [0.1, 0.15) is 0 Å². The van der Waals surface area contributed by atoms with E-state index in [1.807, 2.05) is 6.92 Å². The lowest BCUT2D eigenvalue weighted by Crippen LogP contribution is -1.76. The van der Waals surface area contributed by atoms with E-state index in [1.165, 1.54) is 0 Å². The van der Waals surface area contributed by atoms with Crippen LogP contribution < -0.4 is 0 Å². The Morgan fingerprint density at radius 2 is 2.20 bits per heavy atom. The van der Waals surface area contributed by atoms with Gasteiger partial charge < -0.3 is 5.11 Å². The van der Waals surface area contributed by atoms with E-state index in [0.717, 1.165) is 12.8 Å². The average molecular weight is 138 g/mol. The molecule has 0 aromatic heterocycles. The van der Waals surface area contributed by atoms with Gasteiger partial charge in [-0.05, 0) is 12.5 Å². The van der Waals surface area contributed by atoms with Gasteiger partial charge in [-0.3, -0.25) is 0 Å². The van der Waals surface area contributed by atoms with Gasteiger partial charge in [-0.1, -0.05) is 31.7 Å². The minimum atomic E-state index is 0.431. The van der Waals surface area contributed by atoms with Crippen molar-refractivity contribution >= 4 is 0 Å². The molecule has 0 amide bonds. The second-order valence-corrected chi connectivity index (χ2v) is 2.03. The Kier molecular flexibility index (Phi) is 5.54. The Bertz CT molecular complexity index is 143. The Morgan fingerprint density at radius 1 is 1.50 bits per heavy atom. The standard InChI is InChI=1S/C9H14O/c1-3-5-6-8-9(10)7-4-2/h3,5-6,8,10H,1,4,7H2,2H3/b6-5-,9-8+. The fourth-order valence-electron chi connectivity index (χ4n) is 0.585. The van der Waals surface area contributed by atoms with Crippen LogP contribution in [0.3, 0.4) is 0 Å². The van der Waals surface area contributed by atoms with Crippen LogP contribution in [-0.4, -0.2) is 5.11 Å². The summed E-state index contributed by atoms with van der Waals surface area (Å²) in [6.07, 6.45) is 8.65.